The van der Waals surface area contributed by atoms with E-state index in [0.29, 0.717) is 23.5 Å². The maximum atomic E-state index is 11.9. The molecule has 5 atom stereocenters. The third-order valence-electron chi connectivity index (χ3n) is 8.42. The van der Waals surface area contributed by atoms with E-state index >= 15 is 0 Å². The molecule has 3 heteroatoms. The summed E-state index contributed by atoms with van der Waals surface area (Å²) < 4.78 is 1.24. The molecule has 2 aromatic rings. The highest BCUT2D eigenvalue weighted by molar-refractivity contribution is 14.1. The van der Waals surface area contributed by atoms with Gasteiger partial charge in [-0.15, -0.1) is 0 Å². The minimum Gasteiger partial charge on any atom is -0.508 e. The van der Waals surface area contributed by atoms with E-state index < -0.39 is 5.60 Å². The highest BCUT2D eigenvalue weighted by atomic mass is 127. The Balaban J connectivity index is 1.45. The lowest BCUT2D eigenvalue weighted by Gasteiger charge is -2.53. The maximum absolute atomic E-state index is 11.9. The molecule has 0 amide bonds. The van der Waals surface area contributed by atoms with Gasteiger partial charge in [-0.2, -0.15) is 0 Å². The lowest BCUT2D eigenvalue weighted by Crippen LogP contribution is -2.51. The quantitative estimate of drug-likeness (QED) is 0.523. The second kappa shape index (κ2) is 6.73. The van der Waals surface area contributed by atoms with Crippen molar-refractivity contribution in [3.8, 4) is 5.75 Å². The third-order valence-corrected chi connectivity index (χ3v) is 9.09. The molecule has 2 nitrogen and oxygen atoms in total. The number of hydrogen-bond acceptors (Lipinski definition) is 2. The molecule has 0 radical (unpaired) electrons. The van der Waals surface area contributed by atoms with E-state index in [1.165, 1.54) is 26.7 Å². The number of halogens is 1. The summed E-state index contributed by atoms with van der Waals surface area (Å²) in [7, 11) is 0. The van der Waals surface area contributed by atoms with Crippen molar-refractivity contribution in [2.75, 3.05) is 0 Å². The molecule has 28 heavy (non-hydrogen) atoms. The molecule has 0 saturated heterocycles. The van der Waals surface area contributed by atoms with Crippen LogP contribution in [0.1, 0.15) is 61.6 Å². The first kappa shape index (κ1) is 18.9. The summed E-state index contributed by atoms with van der Waals surface area (Å²) in [4.78, 5) is 0. The molecule has 148 valence electrons. The van der Waals surface area contributed by atoms with Crippen LogP contribution in [0.5, 0.6) is 5.75 Å². The van der Waals surface area contributed by atoms with E-state index in [1.54, 1.807) is 0 Å². The third kappa shape index (κ3) is 2.84. The van der Waals surface area contributed by atoms with Gasteiger partial charge >= 0.3 is 0 Å². The summed E-state index contributed by atoms with van der Waals surface area (Å²) in [5.74, 6) is 2.26. The van der Waals surface area contributed by atoms with Crippen molar-refractivity contribution >= 4 is 22.6 Å². The van der Waals surface area contributed by atoms with Crippen LogP contribution in [0.3, 0.4) is 0 Å². The van der Waals surface area contributed by atoms with Crippen molar-refractivity contribution in [1.82, 2.24) is 0 Å². The van der Waals surface area contributed by atoms with Crippen molar-refractivity contribution in [2.45, 2.75) is 63.4 Å². The van der Waals surface area contributed by atoms with Crippen molar-refractivity contribution in [3.63, 3.8) is 0 Å². The van der Waals surface area contributed by atoms with Gasteiger partial charge in [0.2, 0.25) is 0 Å². The predicted molar refractivity (Wildman–Crippen MR) is 121 cm³/mol. The Labute approximate surface area is 181 Å². The molecule has 0 aromatic heterocycles. The van der Waals surface area contributed by atoms with E-state index in [4.69, 9.17) is 0 Å². The zero-order valence-corrected chi connectivity index (χ0v) is 18.7. The lowest BCUT2D eigenvalue weighted by molar-refractivity contribution is -0.102. The number of aliphatic hydroxyl groups is 1. The molecule has 0 bridgehead atoms. The molecular formula is C25H29IO2. The minimum absolute atomic E-state index is 0.00384. The van der Waals surface area contributed by atoms with Gasteiger partial charge in [0.15, 0.2) is 0 Å². The van der Waals surface area contributed by atoms with Crippen LogP contribution in [0, 0.1) is 20.8 Å². The van der Waals surface area contributed by atoms with E-state index in [1.807, 2.05) is 12.1 Å². The van der Waals surface area contributed by atoms with Gasteiger partial charge in [-0.25, -0.2) is 0 Å². The fourth-order valence-electron chi connectivity index (χ4n) is 6.95. The number of aryl methyl sites for hydroxylation is 1. The van der Waals surface area contributed by atoms with Crippen LogP contribution in [0.15, 0.2) is 42.5 Å². The van der Waals surface area contributed by atoms with Crippen molar-refractivity contribution < 1.29 is 10.2 Å². The van der Waals surface area contributed by atoms with Crippen LogP contribution in [0.2, 0.25) is 0 Å². The Morgan fingerprint density at radius 1 is 1.07 bits per heavy atom. The van der Waals surface area contributed by atoms with Crippen LogP contribution >= 0.6 is 22.6 Å². The number of rotatable bonds is 2. The Morgan fingerprint density at radius 3 is 2.75 bits per heavy atom. The summed E-state index contributed by atoms with van der Waals surface area (Å²) in [6.07, 6.45) is 7.35. The largest absolute Gasteiger partial charge is 0.508 e. The molecule has 2 N–H and O–H groups in total. The van der Waals surface area contributed by atoms with Crippen molar-refractivity contribution in [2.24, 2.45) is 17.3 Å². The predicted octanol–water partition coefficient (Wildman–Crippen LogP) is 5.83. The van der Waals surface area contributed by atoms with E-state index in [0.717, 1.165) is 38.5 Å². The summed E-state index contributed by atoms with van der Waals surface area (Å²) >= 11 is 2.37. The van der Waals surface area contributed by atoms with Crippen LogP contribution in [-0.2, 0) is 12.8 Å². The summed E-state index contributed by atoms with van der Waals surface area (Å²) in [6, 6.07) is 14.6. The monoisotopic (exact) mass is 488 g/mol. The van der Waals surface area contributed by atoms with E-state index in [9.17, 15) is 10.2 Å². The van der Waals surface area contributed by atoms with Crippen LogP contribution < -0.4 is 0 Å². The normalized spacial score (nSPS) is 36.5. The van der Waals surface area contributed by atoms with Gasteiger partial charge in [-0.05, 0) is 125 Å². The molecule has 3 aliphatic carbocycles. The SMILES string of the molecule is C[C@]12CC[C@@H]3c4ccc(O)cc4CC[C@H]3[C@@H]1CC[C@@]2(O)Cc1cccc(I)c1. The van der Waals surface area contributed by atoms with Crippen LogP contribution in [0.4, 0.5) is 0 Å². The molecule has 2 saturated carbocycles. The Bertz CT molecular complexity index is 909. The lowest BCUT2D eigenvalue weighted by atomic mass is 9.53. The standard InChI is InChI=1S/C25H29IO2/c1-24-11-9-21-20-8-6-19(27)14-17(20)5-7-22(21)23(24)10-12-25(24,28)15-16-3-2-4-18(26)13-16/h2-4,6,8,13-14,21-23,27-28H,5,7,9-12,15H2,1H3/t21-,22-,23+,24+,25-/m1/s1. The van der Waals surface area contributed by atoms with E-state index in [2.05, 4.69) is 59.8 Å². The molecular weight excluding hydrogens is 459 g/mol. The zero-order chi connectivity index (χ0) is 19.5. The van der Waals surface area contributed by atoms with Crippen molar-refractivity contribution in [3.05, 3.63) is 62.7 Å². The second-order valence-corrected chi connectivity index (χ2v) is 10.9. The molecule has 2 aromatic carbocycles. The van der Waals surface area contributed by atoms with Gasteiger partial charge in [0.25, 0.3) is 0 Å². The number of phenols is 1. The highest BCUT2D eigenvalue weighted by Crippen LogP contribution is 2.64. The van der Waals surface area contributed by atoms with Gasteiger partial charge < -0.3 is 10.2 Å². The Hall–Kier alpha value is -1.07. The van der Waals surface area contributed by atoms with E-state index in [-0.39, 0.29) is 5.41 Å². The maximum Gasteiger partial charge on any atom is 0.115 e. The average Bonchev–Trinajstić information content (AvgIpc) is 2.92. The molecule has 0 heterocycles. The summed E-state index contributed by atoms with van der Waals surface area (Å²) in [5, 5.41) is 21.7. The number of fused-ring (bicyclic) bond motifs is 5. The summed E-state index contributed by atoms with van der Waals surface area (Å²) in [5.41, 5.74) is 3.48. The Kier molecular flexibility index (Phi) is 4.55. The first-order valence-electron chi connectivity index (χ1n) is 10.7. The van der Waals surface area contributed by atoms with Crippen LogP contribution in [0.25, 0.3) is 0 Å². The minimum atomic E-state index is -0.595. The molecule has 0 unspecified atom stereocenters. The first-order valence-corrected chi connectivity index (χ1v) is 11.8. The molecule has 5 rings (SSSR count). The van der Waals surface area contributed by atoms with Crippen LogP contribution in [-0.4, -0.2) is 15.8 Å². The van der Waals surface area contributed by atoms with Gasteiger partial charge in [0.1, 0.15) is 5.75 Å². The molecule has 0 spiro atoms. The van der Waals surface area contributed by atoms with Gasteiger partial charge in [0, 0.05) is 9.99 Å². The number of phenolic OH excluding ortho intramolecular Hbond substituents is 1. The number of hydrogen-bond donors (Lipinski definition) is 2. The van der Waals surface area contributed by atoms with Gasteiger partial charge in [-0.3, -0.25) is 0 Å². The molecule has 0 aliphatic heterocycles. The summed E-state index contributed by atoms with van der Waals surface area (Å²) in [6.45, 7) is 2.38. The fourth-order valence-corrected chi connectivity index (χ4v) is 7.56. The van der Waals surface area contributed by atoms with Gasteiger partial charge in [-0.1, -0.05) is 25.1 Å². The second-order valence-electron chi connectivity index (χ2n) is 9.63. The smallest absolute Gasteiger partial charge is 0.115 e. The van der Waals surface area contributed by atoms with Crippen molar-refractivity contribution in [1.29, 1.82) is 0 Å². The average molecular weight is 488 g/mol. The molecule has 3 aliphatic rings. The number of aromatic hydroxyl groups is 1. The Morgan fingerprint density at radius 2 is 1.93 bits per heavy atom. The first-order chi connectivity index (χ1) is 13.4. The zero-order valence-electron chi connectivity index (χ0n) is 16.5. The topological polar surface area (TPSA) is 40.5 Å². The number of benzene rings is 2. The fraction of sp³-hybridized carbons (Fsp3) is 0.520. The highest BCUT2D eigenvalue weighted by Gasteiger charge is 2.61. The van der Waals surface area contributed by atoms with Gasteiger partial charge in [0.05, 0.1) is 5.60 Å². The molecule has 2 fully saturated rings.